The number of nitrogens with one attached hydrogen (secondary N) is 2. The molecule has 3 rings (SSSR count). The molecule has 0 atom stereocenters. The molecule has 1 aromatic carbocycles. The number of halogens is 2. The molecule has 0 aliphatic heterocycles. The molecule has 1 amide bonds. The molecule has 28 heavy (non-hydrogen) atoms. The van der Waals surface area contributed by atoms with Crippen LogP contribution in [0.4, 0.5) is 0 Å². The SMILES string of the molecule is Cn1cnc(-c2cc(Cl)c(Cl)c(C(=O)NNS(=O)(=O)CC3CCCCC3)c2)c1. The van der Waals surface area contributed by atoms with Crippen molar-refractivity contribution in [3.8, 4) is 11.3 Å². The second-order valence-corrected chi connectivity index (χ2v) is 9.64. The molecule has 1 heterocycles. The molecule has 1 aliphatic carbocycles. The number of aryl methyl sites for hydroxylation is 1. The van der Waals surface area contributed by atoms with Crippen molar-refractivity contribution in [3.05, 3.63) is 40.3 Å². The molecule has 0 spiro atoms. The summed E-state index contributed by atoms with van der Waals surface area (Å²) in [6.45, 7) is 0. The van der Waals surface area contributed by atoms with E-state index >= 15 is 0 Å². The molecule has 0 unspecified atom stereocenters. The van der Waals surface area contributed by atoms with Gasteiger partial charge in [-0.1, -0.05) is 42.5 Å². The van der Waals surface area contributed by atoms with Crippen LogP contribution in [-0.4, -0.2) is 29.6 Å². The van der Waals surface area contributed by atoms with E-state index in [0.717, 1.165) is 32.1 Å². The fourth-order valence-corrected chi connectivity index (χ4v) is 5.06. The molecule has 0 radical (unpaired) electrons. The number of nitrogens with zero attached hydrogens (tertiary/aromatic N) is 2. The van der Waals surface area contributed by atoms with Crippen LogP contribution in [0.1, 0.15) is 42.5 Å². The first-order chi connectivity index (χ1) is 13.2. The molecule has 0 saturated heterocycles. The first kappa shape index (κ1) is 21.1. The third kappa shape index (κ3) is 5.26. The Kier molecular flexibility index (Phi) is 6.65. The Balaban J connectivity index is 1.72. The van der Waals surface area contributed by atoms with E-state index in [4.69, 9.17) is 23.2 Å². The van der Waals surface area contributed by atoms with Crippen molar-refractivity contribution in [2.24, 2.45) is 13.0 Å². The minimum absolute atomic E-state index is 0.00422. The number of amides is 1. The zero-order valence-corrected chi connectivity index (χ0v) is 17.7. The van der Waals surface area contributed by atoms with Gasteiger partial charge in [0, 0.05) is 18.8 Å². The van der Waals surface area contributed by atoms with Crippen molar-refractivity contribution in [2.45, 2.75) is 32.1 Å². The Morgan fingerprint density at radius 2 is 1.96 bits per heavy atom. The average molecular weight is 445 g/mol. The summed E-state index contributed by atoms with van der Waals surface area (Å²) in [5.41, 5.74) is 3.52. The zero-order chi connectivity index (χ0) is 20.3. The van der Waals surface area contributed by atoms with E-state index in [2.05, 4.69) is 15.2 Å². The highest BCUT2D eigenvalue weighted by Gasteiger charge is 2.23. The van der Waals surface area contributed by atoms with Crippen LogP contribution in [0.2, 0.25) is 10.0 Å². The quantitative estimate of drug-likeness (QED) is 0.666. The molecular formula is C18H22Cl2N4O3S. The Morgan fingerprint density at radius 3 is 2.61 bits per heavy atom. The van der Waals surface area contributed by atoms with Crippen molar-refractivity contribution in [3.63, 3.8) is 0 Å². The summed E-state index contributed by atoms with van der Waals surface area (Å²) in [5.74, 6) is -0.569. The monoisotopic (exact) mass is 444 g/mol. The first-order valence-electron chi connectivity index (χ1n) is 9.02. The molecule has 1 saturated carbocycles. The summed E-state index contributed by atoms with van der Waals surface area (Å²) in [4.78, 5) is 18.9. The maximum absolute atomic E-state index is 12.5. The number of hydrazine groups is 1. The van der Waals surface area contributed by atoms with Gasteiger partial charge < -0.3 is 4.57 Å². The standard InChI is InChI=1S/C18H22Cl2N4O3S/c1-24-9-16(21-11-24)13-7-14(17(20)15(19)8-13)18(25)22-23-28(26,27)10-12-5-3-2-4-6-12/h7-9,11-12,23H,2-6,10H2,1H3,(H,22,25). The normalized spacial score (nSPS) is 15.5. The number of sulfonamides is 1. The van der Waals surface area contributed by atoms with Crippen LogP contribution in [0.3, 0.4) is 0 Å². The largest absolute Gasteiger partial charge is 0.340 e. The van der Waals surface area contributed by atoms with Gasteiger partial charge in [-0.15, -0.1) is 4.83 Å². The molecule has 2 aromatic rings. The maximum atomic E-state index is 12.5. The molecule has 1 aromatic heterocycles. The molecule has 1 fully saturated rings. The number of aromatic nitrogens is 2. The predicted molar refractivity (Wildman–Crippen MR) is 110 cm³/mol. The van der Waals surface area contributed by atoms with Gasteiger partial charge in [0.25, 0.3) is 5.91 Å². The van der Waals surface area contributed by atoms with E-state index in [1.807, 2.05) is 7.05 Å². The highest BCUT2D eigenvalue weighted by molar-refractivity contribution is 7.89. The minimum atomic E-state index is -3.64. The number of carbonyl (C=O) groups excluding carboxylic acids is 1. The summed E-state index contributed by atoms with van der Waals surface area (Å²) >= 11 is 12.3. The van der Waals surface area contributed by atoms with Gasteiger partial charge in [-0.2, -0.15) is 0 Å². The van der Waals surface area contributed by atoms with Crippen molar-refractivity contribution in [1.29, 1.82) is 0 Å². The number of imidazole rings is 1. The fraction of sp³-hybridized carbons (Fsp3) is 0.444. The lowest BCUT2D eigenvalue weighted by molar-refractivity contribution is 0.0945. The third-order valence-electron chi connectivity index (χ3n) is 4.77. The van der Waals surface area contributed by atoms with Crippen LogP contribution in [0.15, 0.2) is 24.7 Å². The van der Waals surface area contributed by atoms with E-state index in [1.54, 1.807) is 23.2 Å². The summed E-state index contributed by atoms with van der Waals surface area (Å²) in [5, 5.41) is 0.227. The average Bonchev–Trinajstić information content (AvgIpc) is 3.09. The Bertz CT molecular complexity index is 969. The minimum Gasteiger partial charge on any atom is -0.340 e. The van der Waals surface area contributed by atoms with Crippen LogP contribution >= 0.6 is 23.2 Å². The summed E-state index contributed by atoms with van der Waals surface area (Å²) in [6.07, 6.45) is 8.41. The number of hydrogen-bond acceptors (Lipinski definition) is 4. The Morgan fingerprint density at radius 1 is 1.25 bits per heavy atom. The lowest BCUT2D eigenvalue weighted by Gasteiger charge is -2.21. The molecule has 2 N–H and O–H groups in total. The van der Waals surface area contributed by atoms with Crippen molar-refractivity contribution < 1.29 is 13.2 Å². The van der Waals surface area contributed by atoms with Crippen LogP contribution < -0.4 is 10.3 Å². The van der Waals surface area contributed by atoms with Gasteiger partial charge in [0.05, 0.1) is 33.4 Å². The molecule has 1 aliphatic rings. The van der Waals surface area contributed by atoms with Crippen molar-refractivity contribution >= 4 is 39.1 Å². The lowest BCUT2D eigenvalue weighted by Crippen LogP contribution is -2.44. The van der Waals surface area contributed by atoms with Crippen molar-refractivity contribution in [2.75, 3.05) is 5.75 Å². The second kappa shape index (κ2) is 8.82. The molecule has 7 nitrogen and oxygen atoms in total. The van der Waals surface area contributed by atoms with Gasteiger partial charge in [-0.05, 0) is 30.9 Å². The van der Waals surface area contributed by atoms with Gasteiger partial charge in [0.2, 0.25) is 10.0 Å². The van der Waals surface area contributed by atoms with E-state index in [1.165, 1.54) is 6.07 Å². The molecule has 0 bridgehead atoms. The molecule has 152 valence electrons. The van der Waals surface area contributed by atoms with Crippen LogP contribution in [0.25, 0.3) is 11.3 Å². The summed E-state index contributed by atoms with van der Waals surface area (Å²) in [6, 6.07) is 3.14. The van der Waals surface area contributed by atoms with Gasteiger partial charge in [-0.3, -0.25) is 10.2 Å². The fourth-order valence-electron chi connectivity index (χ4n) is 3.36. The van der Waals surface area contributed by atoms with E-state index < -0.39 is 15.9 Å². The number of carbonyl (C=O) groups is 1. The summed E-state index contributed by atoms with van der Waals surface area (Å²) < 4.78 is 26.3. The smallest absolute Gasteiger partial charge is 0.267 e. The van der Waals surface area contributed by atoms with Crippen LogP contribution in [0, 0.1) is 5.92 Å². The van der Waals surface area contributed by atoms with Crippen LogP contribution in [-0.2, 0) is 17.1 Å². The van der Waals surface area contributed by atoms with Gasteiger partial charge in [-0.25, -0.2) is 13.4 Å². The predicted octanol–water partition coefficient (Wildman–Crippen LogP) is 3.54. The van der Waals surface area contributed by atoms with E-state index in [0.29, 0.717) is 11.3 Å². The maximum Gasteiger partial charge on any atom is 0.267 e. The third-order valence-corrected chi connectivity index (χ3v) is 6.90. The van der Waals surface area contributed by atoms with Crippen molar-refractivity contribution in [1.82, 2.24) is 19.8 Å². The number of rotatable bonds is 6. The van der Waals surface area contributed by atoms with Gasteiger partial charge in [0.1, 0.15) is 0 Å². The van der Waals surface area contributed by atoms with Crippen LogP contribution in [0.5, 0.6) is 0 Å². The molecule has 10 heteroatoms. The second-order valence-electron chi connectivity index (χ2n) is 7.09. The first-order valence-corrected chi connectivity index (χ1v) is 11.4. The number of hydrogen-bond donors (Lipinski definition) is 2. The highest BCUT2D eigenvalue weighted by Crippen LogP contribution is 2.31. The number of benzene rings is 1. The summed E-state index contributed by atoms with van der Waals surface area (Å²) in [7, 11) is -1.82. The van der Waals surface area contributed by atoms with E-state index in [9.17, 15) is 13.2 Å². The zero-order valence-electron chi connectivity index (χ0n) is 15.4. The topological polar surface area (TPSA) is 93.1 Å². The Labute approximate surface area is 174 Å². The highest BCUT2D eigenvalue weighted by atomic mass is 35.5. The Hall–Kier alpha value is -1.61. The lowest BCUT2D eigenvalue weighted by atomic mass is 9.91. The molecular weight excluding hydrogens is 423 g/mol. The van der Waals surface area contributed by atoms with Gasteiger partial charge >= 0.3 is 0 Å². The van der Waals surface area contributed by atoms with Gasteiger partial charge in [0.15, 0.2) is 0 Å². The van der Waals surface area contributed by atoms with E-state index in [-0.39, 0.29) is 27.3 Å².